The lowest BCUT2D eigenvalue weighted by atomic mass is 10.3. The van der Waals surface area contributed by atoms with Gasteiger partial charge in [0.2, 0.25) is 5.89 Å². The standard InChI is InChI=1S/C12H11ClF2N4O/c13-8-3-6(14)4-9(15)11(8)17-12-19-18-10(20-12)5-16-7-1-2-7/h3-4,7,16H,1-2,5H2,(H,17,19). The van der Waals surface area contributed by atoms with Gasteiger partial charge in [0, 0.05) is 12.1 Å². The summed E-state index contributed by atoms with van der Waals surface area (Å²) >= 11 is 5.76. The highest BCUT2D eigenvalue weighted by atomic mass is 35.5. The van der Waals surface area contributed by atoms with E-state index in [1.54, 1.807) is 0 Å². The van der Waals surface area contributed by atoms with Crippen LogP contribution in [0.15, 0.2) is 16.5 Å². The van der Waals surface area contributed by atoms with Crippen LogP contribution in [0.2, 0.25) is 5.02 Å². The summed E-state index contributed by atoms with van der Waals surface area (Å²) in [7, 11) is 0. The van der Waals surface area contributed by atoms with E-state index in [0.717, 1.165) is 25.0 Å². The highest BCUT2D eigenvalue weighted by Gasteiger charge is 2.21. The van der Waals surface area contributed by atoms with Gasteiger partial charge in [0.05, 0.1) is 17.3 Å². The number of nitrogens with one attached hydrogen (secondary N) is 2. The highest BCUT2D eigenvalue weighted by Crippen LogP contribution is 2.29. The summed E-state index contributed by atoms with van der Waals surface area (Å²) in [6.45, 7) is 0.457. The van der Waals surface area contributed by atoms with E-state index in [1.165, 1.54) is 0 Å². The second kappa shape index (κ2) is 5.34. The van der Waals surface area contributed by atoms with Crippen LogP contribution >= 0.6 is 11.6 Å². The zero-order chi connectivity index (χ0) is 14.1. The maximum Gasteiger partial charge on any atom is 0.320 e. The zero-order valence-corrected chi connectivity index (χ0v) is 11.0. The van der Waals surface area contributed by atoms with Crippen molar-refractivity contribution < 1.29 is 13.2 Å². The second-order valence-corrected chi connectivity index (χ2v) is 4.93. The molecule has 1 aliphatic carbocycles. The number of benzene rings is 1. The molecule has 20 heavy (non-hydrogen) atoms. The summed E-state index contributed by atoms with van der Waals surface area (Å²) in [5.74, 6) is -1.19. The number of aromatic nitrogens is 2. The third kappa shape index (κ3) is 3.05. The van der Waals surface area contributed by atoms with Crippen molar-refractivity contribution in [1.82, 2.24) is 15.5 Å². The van der Waals surface area contributed by atoms with E-state index < -0.39 is 11.6 Å². The Morgan fingerprint density at radius 1 is 1.30 bits per heavy atom. The molecule has 0 unspecified atom stereocenters. The van der Waals surface area contributed by atoms with Crippen molar-refractivity contribution in [3.8, 4) is 0 Å². The number of halogens is 3. The van der Waals surface area contributed by atoms with E-state index >= 15 is 0 Å². The molecular formula is C12H11ClF2N4O. The quantitative estimate of drug-likeness (QED) is 0.889. The minimum atomic E-state index is -0.828. The Bertz CT molecular complexity index is 607. The Labute approximate surface area is 118 Å². The van der Waals surface area contributed by atoms with E-state index in [9.17, 15) is 8.78 Å². The predicted molar refractivity (Wildman–Crippen MR) is 68.8 cm³/mol. The summed E-state index contributed by atoms with van der Waals surface area (Å²) in [4.78, 5) is 0. The van der Waals surface area contributed by atoms with Crippen LogP contribution in [0.1, 0.15) is 18.7 Å². The molecule has 0 saturated heterocycles. The highest BCUT2D eigenvalue weighted by molar-refractivity contribution is 6.33. The molecule has 2 N–H and O–H groups in total. The first-order chi connectivity index (χ1) is 9.61. The van der Waals surface area contributed by atoms with Crippen LogP contribution in [0, 0.1) is 11.6 Å². The van der Waals surface area contributed by atoms with E-state index in [-0.39, 0.29) is 16.7 Å². The summed E-state index contributed by atoms with van der Waals surface area (Å²) in [5.41, 5.74) is -0.0987. The molecule has 2 aromatic rings. The SMILES string of the molecule is Fc1cc(F)c(Nc2nnc(CNC3CC3)o2)c(Cl)c1. The normalized spacial score (nSPS) is 14.6. The van der Waals surface area contributed by atoms with Crippen molar-refractivity contribution in [2.24, 2.45) is 0 Å². The van der Waals surface area contributed by atoms with Crippen LogP contribution in [0.5, 0.6) is 0 Å². The largest absolute Gasteiger partial charge is 0.406 e. The maximum atomic E-state index is 13.6. The first-order valence-corrected chi connectivity index (χ1v) is 6.47. The van der Waals surface area contributed by atoms with Gasteiger partial charge < -0.3 is 15.1 Å². The number of hydrogen-bond donors (Lipinski definition) is 2. The van der Waals surface area contributed by atoms with Gasteiger partial charge in [-0.15, -0.1) is 5.10 Å². The monoisotopic (exact) mass is 300 g/mol. The molecule has 0 bridgehead atoms. The molecule has 5 nitrogen and oxygen atoms in total. The summed E-state index contributed by atoms with van der Waals surface area (Å²) in [6.07, 6.45) is 2.30. The van der Waals surface area contributed by atoms with Gasteiger partial charge in [-0.2, -0.15) is 0 Å². The molecule has 0 aliphatic heterocycles. The molecule has 1 saturated carbocycles. The van der Waals surface area contributed by atoms with Gasteiger partial charge in [0.1, 0.15) is 5.82 Å². The van der Waals surface area contributed by atoms with Crippen molar-refractivity contribution in [2.75, 3.05) is 5.32 Å². The summed E-state index contributed by atoms with van der Waals surface area (Å²) < 4.78 is 31.8. The van der Waals surface area contributed by atoms with Crippen LogP contribution in [-0.4, -0.2) is 16.2 Å². The molecule has 1 fully saturated rings. The van der Waals surface area contributed by atoms with E-state index in [2.05, 4.69) is 20.8 Å². The molecule has 8 heteroatoms. The van der Waals surface area contributed by atoms with Crippen LogP contribution in [0.3, 0.4) is 0 Å². The molecule has 1 aromatic heterocycles. The lowest BCUT2D eigenvalue weighted by Gasteiger charge is -2.05. The van der Waals surface area contributed by atoms with E-state index in [4.69, 9.17) is 16.0 Å². The van der Waals surface area contributed by atoms with Gasteiger partial charge in [-0.25, -0.2) is 8.78 Å². The first kappa shape index (κ1) is 13.3. The van der Waals surface area contributed by atoms with Crippen molar-refractivity contribution in [3.63, 3.8) is 0 Å². The molecule has 0 atom stereocenters. The average Bonchev–Trinajstić information content (AvgIpc) is 3.11. The molecule has 0 amide bonds. The molecule has 1 aliphatic rings. The van der Waals surface area contributed by atoms with E-state index in [1.807, 2.05) is 0 Å². The Hall–Kier alpha value is -1.73. The smallest absolute Gasteiger partial charge is 0.320 e. The third-order valence-corrected chi connectivity index (χ3v) is 3.12. The molecule has 1 aromatic carbocycles. The Morgan fingerprint density at radius 2 is 2.10 bits per heavy atom. The minimum Gasteiger partial charge on any atom is -0.406 e. The number of nitrogens with zero attached hydrogens (tertiary/aromatic N) is 2. The lowest BCUT2D eigenvalue weighted by Crippen LogP contribution is -2.15. The Balaban J connectivity index is 1.70. The van der Waals surface area contributed by atoms with Crippen molar-refractivity contribution >= 4 is 23.3 Å². The average molecular weight is 301 g/mol. The summed E-state index contributed by atoms with van der Waals surface area (Å²) in [5, 5.41) is 13.2. The van der Waals surface area contributed by atoms with Gasteiger partial charge >= 0.3 is 6.01 Å². The van der Waals surface area contributed by atoms with Crippen LogP contribution in [-0.2, 0) is 6.54 Å². The van der Waals surface area contributed by atoms with Crippen molar-refractivity contribution in [3.05, 3.63) is 34.7 Å². The molecule has 106 valence electrons. The fourth-order valence-electron chi connectivity index (χ4n) is 1.66. The predicted octanol–water partition coefficient (Wildman–Crippen LogP) is 3.00. The molecular weight excluding hydrogens is 290 g/mol. The maximum absolute atomic E-state index is 13.6. The second-order valence-electron chi connectivity index (χ2n) is 4.53. The van der Waals surface area contributed by atoms with Gasteiger partial charge in [-0.3, -0.25) is 0 Å². The number of hydrogen-bond acceptors (Lipinski definition) is 5. The molecule has 1 heterocycles. The third-order valence-electron chi connectivity index (χ3n) is 2.82. The van der Waals surface area contributed by atoms with E-state index in [0.29, 0.717) is 18.5 Å². The molecule has 0 spiro atoms. The van der Waals surface area contributed by atoms with Crippen molar-refractivity contribution in [2.45, 2.75) is 25.4 Å². The van der Waals surface area contributed by atoms with Crippen LogP contribution in [0.25, 0.3) is 0 Å². The van der Waals surface area contributed by atoms with Gasteiger partial charge in [-0.1, -0.05) is 16.7 Å². The fraction of sp³-hybridized carbons (Fsp3) is 0.333. The zero-order valence-electron chi connectivity index (χ0n) is 10.3. The minimum absolute atomic E-state index is 0.00463. The van der Waals surface area contributed by atoms with Crippen LogP contribution < -0.4 is 10.6 Å². The van der Waals surface area contributed by atoms with Crippen LogP contribution in [0.4, 0.5) is 20.5 Å². The first-order valence-electron chi connectivity index (χ1n) is 6.09. The van der Waals surface area contributed by atoms with Gasteiger partial charge in [0.25, 0.3) is 0 Å². The Morgan fingerprint density at radius 3 is 2.80 bits per heavy atom. The number of anilines is 2. The fourth-order valence-corrected chi connectivity index (χ4v) is 1.90. The molecule has 3 rings (SSSR count). The molecule has 0 radical (unpaired) electrons. The number of rotatable bonds is 5. The topological polar surface area (TPSA) is 63.0 Å². The van der Waals surface area contributed by atoms with Gasteiger partial charge in [0.15, 0.2) is 5.82 Å². The van der Waals surface area contributed by atoms with Gasteiger partial charge in [-0.05, 0) is 18.9 Å². The Kier molecular flexibility index (Phi) is 3.54. The summed E-state index contributed by atoms with van der Waals surface area (Å²) in [6, 6.07) is 2.24. The van der Waals surface area contributed by atoms with Crippen molar-refractivity contribution in [1.29, 1.82) is 0 Å². The lowest BCUT2D eigenvalue weighted by molar-refractivity contribution is 0.478.